The van der Waals surface area contributed by atoms with Gasteiger partial charge in [-0.15, -0.1) is 0 Å². The molecular weight excluding hydrogens is 321 g/mol. The number of rotatable bonds is 9. The van der Waals surface area contributed by atoms with Crippen molar-refractivity contribution in [1.29, 1.82) is 0 Å². The summed E-state index contributed by atoms with van der Waals surface area (Å²) in [5, 5.41) is 0. The van der Waals surface area contributed by atoms with E-state index in [1.807, 2.05) is 18.2 Å². The molecule has 2 rings (SSSR count). The van der Waals surface area contributed by atoms with Crippen LogP contribution in [0.15, 0.2) is 36.4 Å². The zero-order chi connectivity index (χ0) is 18.2. The van der Waals surface area contributed by atoms with Crippen LogP contribution in [0.1, 0.15) is 30.4 Å². The first-order valence-electron chi connectivity index (χ1n) is 8.46. The smallest absolute Gasteiger partial charge is 0.161 e. The zero-order valence-corrected chi connectivity index (χ0v) is 15.0. The molecule has 4 nitrogen and oxygen atoms in total. The van der Waals surface area contributed by atoms with Crippen LogP contribution in [-0.4, -0.2) is 27.4 Å². The Bertz CT molecular complexity index is 691. The third-order valence-electron chi connectivity index (χ3n) is 4.09. The van der Waals surface area contributed by atoms with Gasteiger partial charge < -0.3 is 19.9 Å². The minimum atomic E-state index is -0.295. The molecule has 0 aromatic heterocycles. The molecule has 0 saturated heterocycles. The Morgan fingerprint density at radius 1 is 1.00 bits per heavy atom. The van der Waals surface area contributed by atoms with Crippen LogP contribution in [-0.2, 0) is 6.42 Å². The van der Waals surface area contributed by atoms with Crippen molar-refractivity contribution in [2.45, 2.75) is 25.7 Å². The van der Waals surface area contributed by atoms with E-state index in [4.69, 9.17) is 19.9 Å². The van der Waals surface area contributed by atoms with Gasteiger partial charge in [-0.2, -0.15) is 0 Å². The van der Waals surface area contributed by atoms with E-state index in [9.17, 15) is 4.39 Å². The van der Waals surface area contributed by atoms with Gasteiger partial charge in [0.25, 0.3) is 0 Å². The highest BCUT2D eigenvalue weighted by Crippen LogP contribution is 2.33. The third-order valence-corrected chi connectivity index (χ3v) is 4.09. The van der Waals surface area contributed by atoms with E-state index in [0.29, 0.717) is 36.8 Å². The number of ether oxygens (including phenoxy) is 3. The lowest BCUT2D eigenvalue weighted by Gasteiger charge is -2.19. The van der Waals surface area contributed by atoms with Gasteiger partial charge in [0, 0.05) is 11.5 Å². The van der Waals surface area contributed by atoms with Gasteiger partial charge in [0.15, 0.2) is 11.5 Å². The normalized spacial score (nSPS) is 11.9. The van der Waals surface area contributed by atoms with Crippen molar-refractivity contribution < 1.29 is 18.6 Å². The summed E-state index contributed by atoms with van der Waals surface area (Å²) in [7, 11) is 3.20. The van der Waals surface area contributed by atoms with E-state index < -0.39 is 0 Å². The van der Waals surface area contributed by atoms with Gasteiger partial charge in [-0.25, -0.2) is 4.39 Å². The Morgan fingerprint density at radius 3 is 2.36 bits per heavy atom. The highest BCUT2D eigenvalue weighted by molar-refractivity contribution is 5.44. The molecule has 0 bridgehead atoms. The maximum absolute atomic E-state index is 13.7. The van der Waals surface area contributed by atoms with E-state index in [-0.39, 0.29) is 11.7 Å². The Kier molecular flexibility index (Phi) is 7.07. The van der Waals surface area contributed by atoms with Crippen LogP contribution >= 0.6 is 0 Å². The van der Waals surface area contributed by atoms with Gasteiger partial charge in [-0.05, 0) is 55.3 Å². The Balaban J connectivity index is 2.28. The highest BCUT2D eigenvalue weighted by atomic mass is 19.1. The molecule has 0 aliphatic rings. The molecular formula is C20H26FNO3. The van der Waals surface area contributed by atoms with Crippen molar-refractivity contribution in [2.24, 2.45) is 5.73 Å². The number of halogens is 1. The summed E-state index contributed by atoms with van der Waals surface area (Å²) in [5.41, 5.74) is 7.79. The van der Waals surface area contributed by atoms with Gasteiger partial charge in [0.1, 0.15) is 11.6 Å². The highest BCUT2D eigenvalue weighted by Gasteiger charge is 2.17. The molecule has 2 aromatic rings. The van der Waals surface area contributed by atoms with Crippen molar-refractivity contribution >= 4 is 0 Å². The quantitative estimate of drug-likeness (QED) is 0.747. The van der Waals surface area contributed by atoms with Gasteiger partial charge in [-0.3, -0.25) is 0 Å². The monoisotopic (exact) mass is 347 g/mol. The van der Waals surface area contributed by atoms with Gasteiger partial charge in [0.2, 0.25) is 0 Å². The predicted octanol–water partition coefficient (Wildman–Crippen LogP) is 3.92. The third kappa shape index (κ3) is 4.86. The van der Waals surface area contributed by atoms with Crippen LogP contribution in [0.2, 0.25) is 0 Å². The molecule has 1 unspecified atom stereocenters. The first kappa shape index (κ1) is 19.1. The van der Waals surface area contributed by atoms with Crippen molar-refractivity contribution in [3.8, 4) is 17.2 Å². The molecule has 136 valence electrons. The molecule has 0 spiro atoms. The van der Waals surface area contributed by atoms with Crippen LogP contribution in [0.3, 0.4) is 0 Å². The molecule has 2 aromatic carbocycles. The molecule has 0 fully saturated rings. The fourth-order valence-electron chi connectivity index (χ4n) is 2.80. The fourth-order valence-corrected chi connectivity index (χ4v) is 2.80. The van der Waals surface area contributed by atoms with Crippen LogP contribution in [0.25, 0.3) is 0 Å². The minimum Gasteiger partial charge on any atom is -0.496 e. The molecule has 25 heavy (non-hydrogen) atoms. The lowest BCUT2D eigenvalue weighted by Crippen LogP contribution is -2.16. The molecule has 1 atom stereocenters. The SMILES string of the molecule is CCCOc1cc(CC(CN)c2cc(F)ccc2OC)ccc1OC. The van der Waals surface area contributed by atoms with Gasteiger partial charge in [-0.1, -0.05) is 13.0 Å². The topological polar surface area (TPSA) is 53.7 Å². The first-order valence-corrected chi connectivity index (χ1v) is 8.46. The zero-order valence-electron chi connectivity index (χ0n) is 15.0. The van der Waals surface area contributed by atoms with Gasteiger partial charge in [0.05, 0.1) is 20.8 Å². The first-order chi connectivity index (χ1) is 12.1. The number of methoxy groups -OCH3 is 2. The molecule has 0 heterocycles. The Hall–Kier alpha value is -2.27. The minimum absolute atomic E-state index is 0.0573. The second-order valence-electron chi connectivity index (χ2n) is 5.86. The van der Waals surface area contributed by atoms with E-state index in [1.165, 1.54) is 12.1 Å². The summed E-state index contributed by atoms with van der Waals surface area (Å²) in [5.74, 6) is 1.70. The van der Waals surface area contributed by atoms with Crippen LogP contribution in [0.5, 0.6) is 17.2 Å². The maximum Gasteiger partial charge on any atom is 0.161 e. The lowest BCUT2D eigenvalue weighted by atomic mass is 9.91. The maximum atomic E-state index is 13.7. The van der Waals surface area contributed by atoms with Crippen LogP contribution in [0, 0.1) is 5.82 Å². The van der Waals surface area contributed by atoms with Crippen LogP contribution < -0.4 is 19.9 Å². The molecule has 0 aliphatic heterocycles. The van der Waals surface area contributed by atoms with Crippen LogP contribution in [0.4, 0.5) is 4.39 Å². The average Bonchev–Trinajstić information content (AvgIpc) is 2.64. The number of benzene rings is 2. The van der Waals surface area contributed by atoms with E-state index in [2.05, 4.69) is 6.92 Å². The van der Waals surface area contributed by atoms with Gasteiger partial charge >= 0.3 is 0 Å². The second-order valence-corrected chi connectivity index (χ2v) is 5.86. The van der Waals surface area contributed by atoms with Crippen molar-refractivity contribution in [3.05, 3.63) is 53.3 Å². The summed E-state index contributed by atoms with van der Waals surface area (Å²) in [6.07, 6.45) is 1.57. The summed E-state index contributed by atoms with van der Waals surface area (Å²) in [4.78, 5) is 0. The van der Waals surface area contributed by atoms with Crippen molar-refractivity contribution in [1.82, 2.24) is 0 Å². The largest absolute Gasteiger partial charge is 0.496 e. The van der Waals surface area contributed by atoms with E-state index in [1.54, 1.807) is 20.3 Å². The summed E-state index contributed by atoms with van der Waals surface area (Å²) in [6, 6.07) is 10.3. The summed E-state index contributed by atoms with van der Waals surface area (Å²) >= 11 is 0. The van der Waals surface area contributed by atoms with Crippen molar-refractivity contribution in [3.63, 3.8) is 0 Å². The number of hydrogen-bond acceptors (Lipinski definition) is 4. The number of hydrogen-bond donors (Lipinski definition) is 1. The van der Waals surface area contributed by atoms with E-state index in [0.717, 1.165) is 17.5 Å². The fraction of sp³-hybridized carbons (Fsp3) is 0.400. The van der Waals surface area contributed by atoms with E-state index >= 15 is 0 Å². The molecule has 0 saturated carbocycles. The lowest BCUT2D eigenvalue weighted by molar-refractivity contribution is 0.294. The summed E-state index contributed by atoms with van der Waals surface area (Å²) in [6.45, 7) is 3.06. The second kappa shape index (κ2) is 9.28. The average molecular weight is 347 g/mol. The number of nitrogens with two attached hydrogens (primary N) is 1. The summed E-state index contributed by atoms with van der Waals surface area (Å²) < 4.78 is 30.2. The standard InChI is InChI=1S/C20H26FNO3/c1-4-9-25-20-11-14(5-7-19(20)24-3)10-15(13-22)17-12-16(21)6-8-18(17)23-2/h5-8,11-12,15H,4,9-10,13,22H2,1-3H3. The molecule has 0 aliphatic carbocycles. The Morgan fingerprint density at radius 2 is 1.72 bits per heavy atom. The van der Waals surface area contributed by atoms with Crippen molar-refractivity contribution in [2.75, 3.05) is 27.4 Å². The molecule has 5 heteroatoms. The molecule has 2 N–H and O–H groups in total. The Labute approximate surface area is 148 Å². The predicted molar refractivity (Wildman–Crippen MR) is 97.2 cm³/mol. The molecule has 0 amide bonds. The molecule has 0 radical (unpaired) electrons.